The van der Waals surface area contributed by atoms with Crippen LogP contribution in [-0.2, 0) is 6.42 Å². The van der Waals surface area contributed by atoms with E-state index in [9.17, 15) is 0 Å². The standard InChI is InChI=1S/C17H15NO/c1-2-13-8-10-14(11-9-13)16-12-18-17(19-16)15-6-4-3-5-7-15/h3-12H,2H2,1H3. The van der Waals surface area contributed by atoms with Crippen molar-refractivity contribution < 1.29 is 4.42 Å². The van der Waals surface area contributed by atoms with Gasteiger partial charge in [0.25, 0.3) is 0 Å². The lowest BCUT2D eigenvalue weighted by Crippen LogP contribution is -1.79. The number of nitrogens with zero attached hydrogens (tertiary/aromatic N) is 1. The van der Waals surface area contributed by atoms with E-state index in [1.807, 2.05) is 30.3 Å². The highest BCUT2D eigenvalue weighted by atomic mass is 16.4. The zero-order valence-corrected chi connectivity index (χ0v) is 10.8. The van der Waals surface area contributed by atoms with Crippen LogP contribution >= 0.6 is 0 Å². The van der Waals surface area contributed by atoms with Gasteiger partial charge in [-0.25, -0.2) is 4.98 Å². The Balaban J connectivity index is 1.92. The normalized spacial score (nSPS) is 10.6. The van der Waals surface area contributed by atoms with Crippen LogP contribution in [0.3, 0.4) is 0 Å². The molecule has 0 radical (unpaired) electrons. The summed E-state index contributed by atoms with van der Waals surface area (Å²) >= 11 is 0. The van der Waals surface area contributed by atoms with Crippen LogP contribution in [0.1, 0.15) is 12.5 Å². The first kappa shape index (κ1) is 11.7. The molecule has 0 spiro atoms. The Morgan fingerprint density at radius 1 is 0.895 bits per heavy atom. The Hall–Kier alpha value is -2.35. The molecule has 19 heavy (non-hydrogen) atoms. The van der Waals surface area contributed by atoms with E-state index >= 15 is 0 Å². The minimum atomic E-state index is 0.662. The van der Waals surface area contributed by atoms with Crippen molar-refractivity contribution in [3.8, 4) is 22.8 Å². The van der Waals surface area contributed by atoms with Crippen molar-refractivity contribution in [1.29, 1.82) is 0 Å². The molecule has 2 heteroatoms. The van der Waals surface area contributed by atoms with Gasteiger partial charge in [0.1, 0.15) is 0 Å². The molecule has 2 aromatic carbocycles. The highest BCUT2D eigenvalue weighted by Crippen LogP contribution is 2.26. The second-order valence-electron chi connectivity index (χ2n) is 4.45. The largest absolute Gasteiger partial charge is 0.436 e. The first-order chi connectivity index (χ1) is 9.36. The second kappa shape index (κ2) is 5.11. The topological polar surface area (TPSA) is 26.0 Å². The lowest BCUT2D eigenvalue weighted by atomic mass is 10.1. The average molecular weight is 249 g/mol. The van der Waals surface area contributed by atoms with E-state index in [4.69, 9.17) is 4.42 Å². The Morgan fingerprint density at radius 2 is 1.63 bits per heavy atom. The van der Waals surface area contributed by atoms with E-state index in [0.717, 1.165) is 23.3 Å². The zero-order chi connectivity index (χ0) is 13.1. The van der Waals surface area contributed by atoms with Gasteiger partial charge in [0.05, 0.1) is 6.20 Å². The number of benzene rings is 2. The fourth-order valence-corrected chi connectivity index (χ4v) is 2.03. The molecule has 1 heterocycles. The molecule has 0 fully saturated rings. The molecule has 0 atom stereocenters. The molecule has 0 aliphatic carbocycles. The summed E-state index contributed by atoms with van der Waals surface area (Å²) in [6, 6.07) is 18.3. The summed E-state index contributed by atoms with van der Waals surface area (Å²) in [5, 5.41) is 0. The predicted octanol–water partition coefficient (Wildman–Crippen LogP) is 4.57. The fraction of sp³-hybridized carbons (Fsp3) is 0.118. The van der Waals surface area contributed by atoms with Gasteiger partial charge in [-0.1, -0.05) is 49.4 Å². The van der Waals surface area contributed by atoms with Crippen molar-refractivity contribution in [1.82, 2.24) is 4.98 Å². The van der Waals surface area contributed by atoms with E-state index < -0.39 is 0 Å². The van der Waals surface area contributed by atoms with Crippen molar-refractivity contribution in [2.75, 3.05) is 0 Å². The highest BCUT2D eigenvalue weighted by molar-refractivity contribution is 5.61. The van der Waals surface area contributed by atoms with Crippen LogP contribution in [0.25, 0.3) is 22.8 Å². The van der Waals surface area contributed by atoms with Crippen LogP contribution in [0.15, 0.2) is 65.2 Å². The summed E-state index contributed by atoms with van der Waals surface area (Å²) in [6.45, 7) is 2.15. The number of hydrogen-bond donors (Lipinski definition) is 0. The Kier molecular flexibility index (Phi) is 3.15. The van der Waals surface area contributed by atoms with Gasteiger partial charge in [0.15, 0.2) is 5.76 Å². The maximum absolute atomic E-state index is 5.82. The maximum atomic E-state index is 5.82. The Labute approximate surface area is 112 Å². The first-order valence-electron chi connectivity index (χ1n) is 6.47. The van der Waals surface area contributed by atoms with E-state index in [1.165, 1.54) is 5.56 Å². The minimum absolute atomic E-state index is 0.662. The van der Waals surface area contributed by atoms with E-state index in [1.54, 1.807) is 6.20 Å². The lowest BCUT2D eigenvalue weighted by Gasteiger charge is -1.99. The van der Waals surface area contributed by atoms with E-state index in [0.29, 0.717) is 5.89 Å². The van der Waals surface area contributed by atoms with Gasteiger partial charge in [0, 0.05) is 11.1 Å². The monoisotopic (exact) mass is 249 g/mol. The molecular weight excluding hydrogens is 234 g/mol. The number of hydrogen-bond acceptors (Lipinski definition) is 2. The van der Waals surface area contributed by atoms with Crippen LogP contribution < -0.4 is 0 Å². The average Bonchev–Trinajstić information content (AvgIpc) is 2.98. The number of aromatic nitrogens is 1. The highest BCUT2D eigenvalue weighted by Gasteiger charge is 2.07. The first-order valence-corrected chi connectivity index (χ1v) is 6.47. The van der Waals surface area contributed by atoms with Crippen molar-refractivity contribution >= 4 is 0 Å². The van der Waals surface area contributed by atoms with Crippen molar-refractivity contribution in [3.05, 3.63) is 66.4 Å². The summed E-state index contributed by atoms with van der Waals surface area (Å²) < 4.78 is 5.82. The van der Waals surface area contributed by atoms with Gasteiger partial charge < -0.3 is 4.42 Å². The van der Waals surface area contributed by atoms with Gasteiger partial charge in [-0.2, -0.15) is 0 Å². The summed E-state index contributed by atoms with van der Waals surface area (Å²) in [5.74, 6) is 1.47. The third-order valence-electron chi connectivity index (χ3n) is 3.17. The summed E-state index contributed by atoms with van der Waals surface area (Å²) in [6.07, 6.45) is 2.83. The molecular formula is C17H15NO. The molecule has 0 bridgehead atoms. The predicted molar refractivity (Wildman–Crippen MR) is 76.8 cm³/mol. The van der Waals surface area contributed by atoms with Crippen LogP contribution in [0, 0.1) is 0 Å². The Bertz CT molecular complexity index is 653. The van der Waals surface area contributed by atoms with Crippen LogP contribution in [-0.4, -0.2) is 4.98 Å². The minimum Gasteiger partial charge on any atom is -0.436 e. The Morgan fingerprint density at radius 3 is 2.32 bits per heavy atom. The van der Waals surface area contributed by atoms with E-state index in [-0.39, 0.29) is 0 Å². The third-order valence-corrected chi connectivity index (χ3v) is 3.17. The SMILES string of the molecule is CCc1ccc(-c2cnc(-c3ccccc3)o2)cc1. The molecule has 0 N–H and O–H groups in total. The molecule has 3 aromatic rings. The molecule has 3 rings (SSSR count). The summed E-state index contributed by atoms with van der Waals surface area (Å²) in [5.41, 5.74) is 3.39. The quantitative estimate of drug-likeness (QED) is 0.679. The third kappa shape index (κ3) is 2.43. The van der Waals surface area contributed by atoms with Crippen LogP contribution in [0.2, 0.25) is 0 Å². The molecule has 0 aliphatic heterocycles. The molecule has 0 aliphatic rings. The molecule has 0 saturated carbocycles. The van der Waals surface area contributed by atoms with Crippen LogP contribution in [0.5, 0.6) is 0 Å². The van der Waals surface area contributed by atoms with Gasteiger partial charge in [-0.15, -0.1) is 0 Å². The molecule has 0 unspecified atom stereocenters. The molecule has 94 valence electrons. The smallest absolute Gasteiger partial charge is 0.226 e. The number of oxazole rings is 1. The zero-order valence-electron chi connectivity index (χ0n) is 10.8. The van der Waals surface area contributed by atoms with E-state index in [2.05, 4.69) is 36.2 Å². The number of aryl methyl sites for hydroxylation is 1. The molecule has 1 aromatic heterocycles. The molecule has 0 saturated heterocycles. The van der Waals surface area contributed by atoms with Gasteiger partial charge in [-0.05, 0) is 24.1 Å². The fourth-order valence-electron chi connectivity index (χ4n) is 2.03. The molecule has 2 nitrogen and oxygen atoms in total. The van der Waals surface area contributed by atoms with Crippen LogP contribution in [0.4, 0.5) is 0 Å². The van der Waals surface area contributed by atoms with Crippen molar-refractivity contribution in [2.24, 2.45) is 0 Å². The van der Waals surface area contributed by atoms with Crippen molar-refractivity contribution in [3.63, 3.8) is 0 Å². The maximum Gasteiger partial charge on any atom is 0.226 e. The molecule has 0 amide bonds. The van der Waals surface area contributed by atoms with Gasteiger partial charge in [0.2, 0.25) is 5.89 Å². The second-order valence-corrected chi connectivity index (χ2v) is 4.45. The van der Waals surface area contributed by atoms with Gasteiger partial charge >= 0.3 is 0 Å². The summed E-state index contributed by atoms with van der Waals surface area (Å²) in [7, 11) is 0. The summed E-state index contributed by atoms with van der Waals surface area (Å²) in [4.78, 5) is 4.34. The number of rotatable bonds is 3. The van der Waals surface area contributed by atoms with Crippen molar-refractivity contribution in [2.45, 2.75) is 13.3 Å². The lowest BCUT2D eigenvalue weighted by molar-refractivity contribution is 0.589. The van der Waals surface area contributed by atoms with Gasteiger partial charge in [-0.3, -0.25) is 0 Å².